The van der Waals surface area contributed by atoms with E-state index >= 15 is 0 Å². The number of nitrogens with zero attached hydrogens (tertiary/aromatic N) is 1. The van der Waals surface area contributed by atoms with Gasteiger partial charge in [-0.2, -0.15) is 0 Å². The monoisotopic (exact) mass is 406 g/mol. The quantitative estimate of drug-likeness (QED) is 0.439. The lowest BCUT2D eigenvalue weighted by Gasteiger charge is -2.32. The molecule has 1 N–H and O–H groups in total. The number of carbonyl (C=O) groups is 2. The lowest BCUT2D eigenvalue weighted by Crippen LogP contribution is -2.32. The predicted octanol–water partition coefficient (Wildman–Crippen LogP) is 3.95. The molecule has 1 aromatic carbocycles. The van der Waals surface area contributed by atoms with E-state index < -0.39 is 23.2 Å². The predicted molar refractivity (Wildman–Crippen MR) is 101 cm³/mol. The van der Waals surface area contributed by atoms with Gasteiger partial charge in [0.1, 0.15) is 17.4 Å². The Morgan fingerprint density at radius 3 is 2.14 bits per heavy atom. The zero-order chi connectivity index (χ0) is 21.7. The number of allylic oxidation sites excluding steroid dienone is 2. The molecule has 1 aliphatic rings. The van der Waals surface area contributed by atoms with Crippen molar-refractivity contribution >= 4 is 18.0 Å². The molecule has 0 fully saturated rings. The molecule has 0 radical (unpaired) electrons. The van der Waals surface area contributed by atoms with E-state index in [0.29, 0.717) is 11.4 Å². The first-order chi connectivity index (χ1) is 13.7. The van der Waals surface area contributed by atoms with Crippen LogP contribution in [0.3, 0.4) is 0 Å². The van der Waals surface area contributed by atoms with Crippen LogP contribution >= 0.6 is 0 Å². The first-order valence-corrected chi connectivity index (χ1v) is 8.67. The molecule has 0 saturated carbocycles. The highest BCUT2D eigenvalue weighted by Crippen LogP contribution is 2.43. The molecule has 156 valence electrons. The molecule has 0 saturated heterocycles. The Hall–Kier alpha value is -3.56. The Bertz CT molecular complexity index is 888. The van der Waals surface area contributed by atoms with Gasteiger partial charge in [0, 0.05) is 11.6 Å². The topological polar surface area (TPSA) is 126 Å². The van der Waals surface area contributed by atoms with Crippen LogP contribution in [0.2, 0.25) is 0 Å². The molecule has 1 heterocycles. The summed E-state index contributed by atoms with van der Waals surface area (Å²) in [6, 6.07) is 5.92. The third kappa shape index (κ3) is 4.65. The number of dihydropyridines is 1. The third-order valence-electron chi connectivity index (χ3n) is 4.22. The van der Waals surface area contributed by atoms with Crippen LogP contribution in [0.1, 0.15) is 32.3 Å². The number of rotatable bonds is 5. The second kappa shape index (κ2) is 9.09. The van der Waals surface area contributed by atoms with Gasteiger partial charge in [-0.3, -0.25) is 10.1 Å². The largest absolute Gasteiger partial charge is 0.513 e. The van der Waals surface area contributed by atoms with Crippen molar-refractivity contribution in [1.29, 1.82) is 0 Å². The zero-order valence-electron chi connectivity index (χ0n) is 16.7. The van der Waals surface area contributed by atoms with E-state index in [1.54, 1.807) is 13.0 Å². The molecule has 1 atom stereocenters. The van der Waals surface area contributed by atoms with Crippen molar-refractivity contribution in [2.75, 3.05) is 14.2 Å². The summed E-state index contributed by atoms with van der Waals surface area (Å²) in [7, 11) is 2.27. The summed E-state index contributed by atoms with van der Waals surface area (Å²) in [4.78, 5) is 34.8. The second-order valence-electron chi connectivity index (χ2n) is 6.41. The number of hydrogen-bond donors (Lipinski definition) is 1. The van der Waals surface area contributed by atoms with Gasteiger partial charge in [-0.25, -0.2) is 9.59 Å². The van der Waals surface area contributed by atoms with Gasteiger partial charge in [0.25, 0.3) is 5.69 Å². The van der Waals surface area contributed by atoms with Gasteiger partial charge in [0.05, 0.1) is 30.5 Å². The fraction of sp³-hybridized carbons (Fsp3) is 0.368. The second-order valence-corrected chi connectivity index (χ2v) is 6.41. The van der Waals surface area contributed by atoms with Crippen LogP contribution in [0.15, 0.2) is 47.2 Å². The van der Waals surface area contributed by atoms with Crippen molar-refractivity contribution in [3.8, 4) is 0 Å². The fourth-order valence-corrected chi connectivity index (χ4v) is 2.94. The third-order valence-corrected chi connectivity index (χ3v) is 4.22. The average molecular weight is 406 g/mol. The maximum Gasteiger partial charge on any atom is 0.513 e. The zero-order valence-corrected chi connectivity index (χ0v) is 16.7. The Kier molecular flexibility index (Phi) is 6.81. The van der Waals surface area contributed by atoms with Gasteiger partial charge in [0.15, 0.2) is 0 Å². The average Bonchev–Trinajstić information content (AvgIpc) is 2.69. The molecular weight excluding hydrogens is 384 g/mol. The van der Waals surface area contributed by atoms with Crippen LogP contribution in [-0.2, 0) is 18.9 Å². The van der Waals surface area contributed by atoms with E-state index in [4.69, 9.17) is 9.47 Å². The maximum absolute atomic E-state index is 11.9. The van der Waals surface area contributed by atoms with Crippen LogP contribution < -0.4 is 5.32 Å². The van der Waals surface area contributed by atoms with E-state index in [1.807, 2.05) is 13.8 Å². The van der Waals surface area contributed by atoms with Crippen molar-refractivity contribution in [2.45, 2.75) is 26.7 Å². The number of methoxy groups -OCH3 is 2. The number of benzene rings is 1. The Morgan fingerprint density at radius 1 is 1.07 bits per heavy atom. The molecule has 0 amide bonds. The van der Waals surface area contributed by atoms with Crippen LogP contribution in [0, 0.1) is 16.0 Å². The summed E-state index contributed by atoms with van der Waals surface area (Å²) >= 11 is 0. The van der Waals surface area contributed by atoms with Crippen molar-refractivity contribution in [3.63, 3.8) is 0 Å². The van der Waals surface area contributed by atoms with Crippen molar-refractivity contribution in [2.24, 2.45) is 5.92 Å². The van der Waals surface area contributed by atoms with E-state index in [1.165, 1.54) is 18.2 Å². The molecule has 0 aromatic heterocycles. The number of carbonyl (C=O) groups excluding carboxylic acids is 2. The van der Waals surface area contributed by atoms with Crippen LogP contribution in [0.4, 0.5) is 15.3 Å². The number of nitro benzene ring substituents is 1. The Labute approximate surface area is 167 Å². The maximum atomic E-state index is 11.9. The van der Waals surface area contributed by atoms with Crippen molar-refractivity contribution < 1.29 is 33.5 Å². The van der Waals surface area contributed by atoms with Gasteiger partial charge in [-0.15, -0.1) is 0 Å². The molecular formula is C19H22N2O8. The van der Waals surface area contributed by atoms with Crippen molar-refractivity contribution in [1.82, 2.24) is 5.32 Å². The molecule has 29 heavy (non-hydrogen) atoms. The number of nitro groups is 1. The van der Waals surface area contributed by atoms with E-state index in [-0.39, 0.29) is 28.7 Å². The first-order valence-electron chi connectivity index (χ1n) is 8.67. The normalized spacial score (nSPS) is 16.3. The molecule has 0 aliphatic carbocycles. The smallest absolute Gasteiger partial charge is 0.437 e. The van der Waals surface area contributed by atoms with Gasteiger partial charge in [-0.1, -0.05) is 32.0 Å². The number of hydrogen-bond acceptors (Lipinski definition) is 9. The lowest BCUT2D eigenvalue weighted by atomic mass is 9.87. The summed E-state index contributed by atoms with van der Waals surface area (Å²) in [6.07, 6.45) is -2.03. The molecule has 10 heteroatoms. The summed E-state index contributed by atoms with van der Waals surface area (Å²) in [5, 5.41) is 14.7. The van der Waals surface area contributed by atoms with Gasteiger partial charge in [0.2, 0.25) is 0 Å². The first kappa shape index (κ1) is 21.7. The Morgan fingerprint density at radius 2 is 1.62 bits per heavy atom. The number of ether oxygens (including phenoxy) is 4. The minimum atomic E-state index is -1.06. The Balaban J connectivity index is 2.77. The molecule has 1 unspecified atom stereocenters. The van der Waals surface area contributed by atoms with Crippen LogP contribution in [-0.4, -0.2) is 31.5 Å². The fourth-order valence-electron chi connectivity index (χ4n) is 2.94. The number of para-hydroxylation sites is 1. The minimum absolute atomic E-state index is 0.00875. The molecule has 0 spiro atoms. The minimum Gasteiger partial charge on any atom is -0.437 e. The molecule has 10 nitrogen and oxygen atoms in total. The van der Waals surface area contributed by atoms with Gasteiger partial charge < -0.3 is 24.3 Å². The van der Waals surface area contributed by atoms with E-state index in [2.05, 4.69) is 14.8 Å². The highest BCUT2D eigenvalue weighted by molar-refractivity contribution is 5.65. The SMILES string of the molecule is COC(=O)OC1=C(C)NC(C(C)C)=C(OC(=O)OC)C1c1ccccc1[N+](=O)[O-]. The summed E-state index contributed by atoms with van der Waals surface area (Å²) < 4.78 is 19.8. The number of nitrogens with one attached hydrogen (secondary N) is 1. The van der Waals surface area contributed by atoms with Gasteiger partial charge >= 0.3 is 12.3 Å². The van der Waals surface area contributed by atoms with Gasteiger partial charge in [-0.05, 0) is 12.8 Å². The highest BCUT2D eigenvalue weighted by atomic mass is 16.7. The summed E-state index contributed by atoms with van der Waals surface area (Å²) in [5.41, 5.74) is 0.856. The molecule has 0 bridgehead atoms. The summed E-state index contributed by atoms with van der Waals surface area (Å²) in [5.74, 6) is -1.18. The highest BCUT2D eigenvalue weighted by Gasteiger charge is 2.40. The molecule has 1 aliphatic heterocycles. The van der Waals surface area contributed by atoms with Crippen LogP contribution in [0.25, 0.3) is 0 Å². The van der Waals surface area contributed by atoms with E-state index in [9.17, 15) is 19.7 Å². The lowest BCUT2D eigenvalue weighted by molar-refractivity contribution is -0.385. The van der Waals surface area contributed by atoms with Crippen molar-refractivity contribution in [3.05, 3.63) is 62.9 Å². The van der Waals surface area contributed by atoms with Crippen LogP contribution in [0.5, 0.6) is 0 Å². The standard InChI is InChI=1S/C19H22N2O8/c1-10(2)15-17(29-19(23)27-5)14(12-8-6-7-9-13(12)21(24)25)16(11(3)20-15)28-18(22)26-4/h6-10,14,20H,1-5H3. The van der Waals surface area contributed by atoms with E-state index in [0.717, 1.165) is 14.2 Å². The summed E-state index contributed by atoms with van der Waals surface area (Å²) in [6.45, 7) is 5.33. The molecule has 2 rings (SSSR count). The molecule has 1 aromatic rings.